The van der Waals surface area contributed by atoms with E-state index in [0.29, 0.717) is 18.7 Å². The van der Waals surface area contributed by atoms with Crippen LogP contribution < -0.4 is 11.3 Å². The van der Waals surface area contributed by atoms with Gasteiger partial charge in [0, 0.05) is 24.5 Å². The molecule has 1 heterocycles. The molecule has 1 rings (SSSR count). The maximum absolute atomic E-state index is 11.6. The first-order chi connectivity index (χ1) is 7.83. The Morgan fingerprint density at radius 2 is 2.00 bits per heavy atom. The molecule has 2 N–H and O–H groups in total. The molecule has 0 bridgehead atoms. The van der Waals surface area contributed by atoms with Gasteiger partial charge >= 0.3 is 0 Å². The lowest BCUT2D eigenvalue weighted by Gasteiger charge is -2.09. The monoisotopic (exact) mass is 258 g/mol. The molecular weight excluding hydrogens is 240 g/mol. The zero-order chi connectivity index (χ0) is 13.1. The van der Waals surface area contributed by atoms with Gasteiger partial charge in [0.05, 0.1) is 11.0 Å². The van der Waals surface area contributed by atoms with Crippen LogP contribution in [-0.2, 0) is 16.4 Å². The summed E-state index contributed by atoms with van der Waals surface area (Å²) in [4.78, 5) is 11.4. The zero-order valence-corrected chi connectivity index (χ0v) is 10.9. The van der Waals surface area contributed by atoms with Crippen molar-refractivity contribution in [3.8, 4) is 0 Å². The standard InChI is InChI=1S/C11H18N2O3S/c1-9(2)17(15,16)7-3-6-13-8-10(12)4-5-11(13)14/h4-5,8-9H,3,6-7,12H2,1-2H3. The summed E-state index contributed by atoms with van der Waals surface area (Å²) >= 11 is 0. The van der Waals surface area contributed by atoms with Crippen molar-refractivity contribution in [1.82, 2.24) is 4.57 Å². The van der Waals surface area contributed by atoms with E-state index in [1.54, 1.807) is 13.8 Å². The number of nitrogens with zero attached hydrogens (tertiary/aromatic N) is 1. The first kappa shape index (κ1) is 13.8. The molecule has 0 aromatic carbocycles. The molecule has 1 aromatic heterocycles. The first-order valence-electron chi connectivity index (χ1n) is 5.50. The molecule has 5 nitrogen and oxygen atoms in total. The van der Waals surface area contributed by atoms with Crippen LogP contribution in [0, 0.1) is 0 Å². The average Bonchev–Trinajstić information content (AvgIpc) is 2.22. The van der Waals surface area contributed by atoms with Crippen molar-refractivity contribution in [1.29, 1.82) is 0 Å². The van der Waals surface area contributed by atoms with E-state index in [9.17, 15) is 13.2 Å². The normalized spacial score (nSPS) is 11.9. The fourth-order valence-electron chi connectivity index (χ4n) is 1.40. The van der Waals surface area contributed by atoms with E-state index in [1.807, 2.05) is 0 Å². The number of aromatic nitrogens is 1. The van der Waals surface area contributed by atoms with Crippen LogP contribution in [0.4, 0.5) is 5.69 Å². The van der Waals surface area contributed by atoms with Crippen LogP contribution in [0.25, 0.3) is 0 Å². The van der Waals surface area contributed by atoms with Crippen LogP contribution in [-0.4, -0.2) is 24.0 Å². The molecule has 0 aliphatic rings. The second-order valence-corrected chi connectivity index (χ2v) is 6.94. The summed E-state index contributed by atoms with van der Waals surface area (Å²) in [5, 5.41) is -0.375. The quantitative estimate of drug-likeness (QED) is 0.840. The van der Waals surface area contributed by atoms with Gasteiger partial charge in [0.25, 0.3) is 5.56 Å². The van der Waals surface area contributed by atoms with Crippen LogP contribution in [0.5, 0.6) is 0 Å². The van der Waals surface area contributed by atoms with Crippen molar-refractivity contribution in [2.75, 3.05) is 11.5 Å². The van der Waals surface area contributed by atoms with Gasteiger partial charge in [0.1, 0.15) is 0 Å². The Morgan fingerprint density at radius 1 is 1.35 bits per heavy atom. The topological polar surface area (TPSA) is 82.2 Å². The van der Waals surface area contributed by atoms with Crippen LogP contribution >= 0.6 is 0 Å². The molecule has 6 heteroatoms. The molecule has 96 valence electrons. The van der Waals surface area contributed by atoms with Crippen LogP contribution in [0.15, 0.2) is 23.1 Å². The lowest BCUT2D eigenvalue weighted by Crippen LogP contribution is -2.23. The molecule has 0 radical (unpaired) electrons. The smallest absolute Gasteiger partial charge is 0.250 e. The van der Waals surface area contributed by atoms with E-state index in [-0.39, 0.29) is 16.6 Å². The fourth-order valence-corrected chi connectivity index (χ4v) is 2.40. The van der Waals surface area contributed by atoms with Crippen LogP contribution in [0.1, 0.15) is 20.3 Å². The number of nitrogen functional groups attached to an aromatic ring is 1. The maximum atomic E-state index is 11.6. The number of nitrogens with two attached hydrogens (primary N) is 1. The van der Waals surface area contributed by atoms with Crippen molar-refractivity contribution >= 4 is 15.5 Å². The van der Waals surface area contributed by atoms with Gasteiger partial charge in [-0.1, -0.05) is 0 Å². The Labute approximate surface area is 101 Å². The van der Waals surface area contributed by atoms with Crippen molar-refractivity contribution in [2.24, 2.45) is 0 Å². The summed E-state index contributed by atoms with van der Waals surface area (Å²) in [6.07, 6.45) is 1.95. The van der Waals surface area contributed by atoms with Crippen LogP contribution in [0.2, 0.25) is 0 Å². The lowest BCUT2D eigenvalue weighted by atomic mass is 10.4. The highest BCUT2D eigenvalue weighted by Crippen LogP contribution is 2.04. The van der Waals surface area contributed by atoms with E-state index < -0.39 is 9.84 Å². The summed E-state index contributed by atoms with van der Waals surface area (Å²) in [6, 6.07) is 2.91. The van der Waals surface area contributed by atoms with Gasteiger partial charge in [-0.2, -0.15) is 0 Å². The van der Waals surface area contributed by atoms with E-state index in [0.717, 1.165) is 0 Å². The van der Waals surface area contributed by atoms with E-state index in [1.165, 1.54) is 22.9 Å². The number of sulfone groups is 1. The second-order valence-electron chi connectivity index (χ2n) is 4.26. The number of anilines is 1. The van der Waals surface area contributed by atoms with Gasteiger partial charge in [-0.15, -0.1) is 0 Å². The zero-order valence-electron chi connectivity index (χ0n) is 10.1. The molecule has 0 aliphatic carbocycles. The predicted molar refractivity (Wildman–Crippen MR) is 68.7 cm³/mol. The molecule has 0 saturated heterocycles. The summed E-state index contributed by atoms with van der Waals surface area (Å²) < 4.78 is 24.6. The molecule has 0 saturated carbocycles. The maximum Gasteiger partial charge on any atom is 0.250 e. The SMILES string of the molecule is CC(C)S(=O)(=O)CCCn1cc(N)ccc1=O. The molecule has 1 aromatic rings. The number of hydrogen-bond acceptors (Lipinski definition) is 4. The first-order valence-corrected chi connectivity index (χ1v) is 7.22. The van der Waals surface area contributed by atoms with Gasteiger partial charge in [-0.25, -0.2) is 8.42 Å². The summed E-state index contributed by atoms with van der Waals surface area (Å²) in [6.45, 7) is 3.68. The van der Waals surface area contributed by atoms with E-state index in [2.05, 4.69) is 0 Å². The molecule has 0 spiro atoms. The minimum absolute atomic E-state index is 0.0892. The molecule has 0 aliphatic heterocycles. The average molecular weight is 258 g/mol. The highest BCUT2D eigenvalue weighted by Gasteiger charge is 2.15. The third kappa shape index (κ3) is 3.89. The van der Waals surface area contributed by atoms with Gasteiger partial charge in [0.15, 0.2) is 9.84 Å². The Morgan fingerprint density at radius 3 is 2.59 bits per heavy atom. The number of aryl methyl sites for hydroxylation is 1. The van der Waals surface area contributed by atoms with Gasteiger partial charge in [0.2, 0.25) is 0 Å². The molecule has 0 fully saturated rings. The number of hydrogen-bond donors (Lipinski definition) is 1. The van der Waals surface area contributed by atoms with Crippen molar-refractivity contribution < 1.29 is 8.42 Å². The lowest BCUT2D eigenvalue weighted by molar-refractivity contribution is 0.576. The van der Waals surface area contributed by atoms with Gasteiger partial charge in [-0.3, -0.25) is 4.79 Å². The van der Waals surface area contributed by atoms with Crippen molar-refractivity contribution in [3.05, 3.63) is 28.7 Å². The highest BCUT2D eigenvalue weighted by molar-refractivity contribution is 7.91. The molecule has 0 amide bonds. The summed E-state index contributed by atoms with van der Waals surface area (Å²) in [5.41, 5.74) is 5.89. The summed E-state index contributed by atoms with van der Waals surface area (Å²) in [7, 11) is -3.04. The fraction of sp³-hybridized carbons (Fsp3) is 0.545. The van der Waals surface area contributed by atoms with E-state index in [4.69, 9.17) is 5.73 Å². The Hall–Kier alpha value is -1.30. The van der Waals surface area contributed by atoms with E-state index >= 15 is 0 Å². The number of pyridine rings is 1. The van der Waals surface area contributed by atoms with Gasteiger partial charge in [-0.05, 0) is 26.3 Å². The molecule has 0 unspecified atom stereocenters. The predicted octanol–water partition coefficient (Wildman–Crippen LogP) is 0.644. The third-order valence-electron chi connectivity index (χ3n) is 2.55. The molecule has 0 atom stereocenters. The Kier molecular flexibility index (Phi) is 4.34. The Bertz CT molecular complexity index is 532. The second kappa shape index (κ2) is 5.35. The highest BCUT2D eigenvalue weighted by atomic mass is 32.2. The summed E-state index contributed by atoms with van der Waals surface area (Å²) in [5.74, 6) is 0.0892. The third-order valence-corrected chi connectivity index (χ3v) is 4.85. The van der Waals surface area contributed by atoms with Crippen LogP contribution in [0.3, 0.4) is 0 Å². The number of rotatable bonds is 5. The van der Waals surface area contributed by atoms with Crippen molar-refractivity contribution in [2.45, 2.75) is 32.1 Å². The Balaban J connectivity index is 2.64. The molecular formula is C11H18N2O3S. The van der Waals surface area contributed by atoms with Gasteiger partial charge < -0.3 is 10.3 Å². The van der Waals surface area contributed by atoms with Crippen molar-refractivity contribution in [3.63, 3.8) is 0 Å². The minimum Gasteiger partial charge on any atom is -0.398 e. The largest absolute Gasteiger partial charge is 0.398 e. The minimum atomic E-state index is -3.04. The molecule has 17 heavy (non-hydrogen) atoms.